The molecule has 9 nitrogen and oxygen atoms in total. The standard InChI is InChI=1S/C27H25N3O6S2/c28-38(32,33)22-8-6-20(7-9-22)25-24(29-18-36-25)23(19-4-2-1-3-5-19)10-13-35-16-21-17-37-26(30-21)27(31)11-14-34-15-12-27/h1-9,17-18,23,31H,11-12,14-16H2,(H2,28,32,33). The van der Waals surface area contributed by atoms with Gasteiger partial charge in [0.05, 0.1) is 16.5 Å². The lowest BCUT2D eigenvalue weighted by Crippen LogP contribution is -2.33. The van der Waals surface area contributed by atoms with Gasteiger partial charge < -0.3 is 19.0 Å². The maximum absolute atomic E-state index is 11.6. The van der Waals surface area contributed by atoms with Crippen LogP contribution in [-0.2, 0) is 31.7 Å². The summed E-state index contributed by atoms with van der Waals surface area (Å²) < 4.78 is 39.9. The number of oxazole rings is 1. The van der Waals surface area contributed by atoms with E-state index in [9.17, 15) is 13.5 Å². The highest BCUT2D eigenvalue weighted by Gasteiger charge is 2.34. The Morgan fingerprint density at radius 1 is 1.13 bits per heavy atom. The molecule has 38 heavy (non-hydrogen) atoms. The molecule has 2 aromatic heterocycles. The summed E-state index contributed by atoms with van der Waals surface area (Å²) >= 11 is 1.40. The molecule has 0 spiro atoms. The van der Waals surface area contributed by atoms with Crippen LogP contribution in [0.4, 0.5) is 0 Å². The second-order valence-electron chi connectivity index (χ2n) is 8.80. The SMILES string of the molecule is NS(=O)(=O)c1ccc(-c2ocnc2C(C#COCc2csc(C3(O)CCOCC3)n2)c2ccccc2)cc1. The van der Waals surface area contributed by atoms with Crippen LogP contribution in [-0.4, -0.2) is 36.7 Å². The van der Waals surface area contributed by atoms with E-state index in [2.05, 4.69) is 22.0 Å². The van der Waals surface area contributed by atoms with Crippen molar-refractivity contribution in [2.75, 3.05) is 13.2 Å². The second kappa shape index (κ2) is 11.1. The van der Waals surface area contributed by atoms with Crippen LogP contribution in [0.3, 0.4) is 0 Å². The number of thiazole rings is 1. The minimum Gasteiger partial charge on any atom is -0.443 e. The summed E-state index contributed by atoms with van der Waals surface area (Å²) in [6.45, 7) is 1.18. The van der Waals surface area contributed by atoms with Crippen LogP contribution in [0.2, 0.25) is 0 Å². The van der Waals surface area contributed by atoms with Gasteiger partial charge in [-0.1, -0.05) is 30.3 Å². The van der Waals surface area contributed by atoms with E-state index >= 15 is 0 Å². The van der Waals surface area contributed by atoms with Crippen molar-refractivity contribution in [3.05, 3.63) is 88.3 Å². The molecule has 0 amide bonds. The van der Waals surface area contributed by atoms with E-state index in [0.29, 0.717) is 53.8 Å². The van der Waals surface area contributed by atoms with Crippen molar-refractivity contribution < 1.29 is 27.4 Å². The van der Waals surface area contributed by atoms with Crippen LogP contribution < -0.4 is 5.14 Å². The molecule has 0 bridgehead atoms. The molecule has 0 saturated carbocycles. The van der Waals surface area contributed by atoms with Crippen molar-refractivity contribution >= 4 is 21.4 Å². The van der Waals surface area contributed by atoms with Crippen molar-refractivity contribution in [1.82, 2.24) is 9.97 Å². The van der Waals surface area contributed by atoms with E-state index in [1.165, 1.54) is 29.9 Å². The molecule has 4 aromatic rings. The molecule has 1 aliphatic heterocycles. The summed E-state index contributed by atoms with van der Waals surface area (Å²) in [6.07, 6.45) is 5.15. The van der Waals surface area contributed by atoms with Crippen molar-refractivity contribution in [2.45, 2.75) is 35.9 Å². The molecule has 0 aliphatic carbocycles. The van der Waals surface area contributed by atoms with Crippen molar-refractivity contribution in [3.8, 4) is 23.4 Å². The second-order valence-corrected chi connectivity index (χ2v) is 11.2. The highest BCUT2D eigenvalue weighted by molar-refractivity contribution is 7.89. The molecule has 2 aromatic carbocycles. The first-order chi connectivity index (χ1) is 18.3. The zero-order chi connectivity index (χ0) is 26.6. The molecule has 1 unspecified atom stereocenters. The Balaban J connectivity index is 1.36. The number of benzene rings is 2. The lowest BCUT2D eigenvalue weighted by atomic mass is 9.94. The number of hydrogen-bond acceptors (Lipinski definition) is 9. The van der Waals surface area contributed by atoms with Crippen molar-refractivity contribution in [1.29, 1.82) is 0 Å². The molecular formula is C27H25N3O6S2. The Bertz CT molecular complexity index is 1550. The van der Waals surface area contributed by atoms with Gasteiger partial charge in [-0.3, -0.25) is 0 Å². The Hall–Kier alpha value is -3.53. The van der Waals surface area contributed by atoms with Gasteiger partial charge in [-0.15, -0.1) is 11.3 Å². The number of aromatic nitrogens is 2. The lowest BCUT2D eigenvalue weighted by Gasteiger charge is -2.29. The number of sulfonamides is 1. The minimum atomic E-state index is -3.81. The maximum Gasteiger partial charge on any atom is 0.238 e. The molecule has 196 valence electrons. The molecule has 1 fully saturated rings. The fourth-order valence-electron chi connectivity index (χ4n) is 4.15. The smallest absolute Gasteiger partial charge is 0.238 e. The summed E-state index contributed by atoms with van der Waals surface area (Å²) in [5.41, 5.74) is 1.81. The highest BCUT2D eigenvalue weighted by atomic mass is 32.2. The molecule has 11 heteroatoms. The third-order valence-electron chi connectivity index (χ3n) is 6.21. The number of nitrogens with zero attached hydrogens (tertiary/aromatic N) is 2. The molecule has 5 rings (SSSR count). The fraction of sp³-hybridized carbons (Fsp3) is 0.259. The number of ether oxygens (including phenoxy) is 2. The van der Waals surface area contributed by atoms with Gasteiger partial charge >= 0.3 is 0 Å². The van der Waals surface area contributed by atoms with Crippen LogP contribution in [0.15, 0.2) is 75.7 Å². The van der Waals surface area contributed by atoms with Gasteiger partial charge in [0.25, 0.3) is 0 Å². The van der Waals surface area contributed by atoms with Crippen LogP contribution in [0.1, 0.15) is 40.7 Å². The quantitative estimate of drug-likeness (QED) is 0.331. The Morgan fingerprint density at radius 2 is 1.87 bits per heavy atom. The first-order valence-corrected chi connectivity index (χ1v) is 14.2. The van der Waals surface area contributed by atoms with E-state index in [-0.39, 0.29) is 11.5 Å². The Morgan fingerprint density at radius 3 is 2.58 bits per heavy atom. The third-order valence-corrected chi connectivity index (χ3v) is 8.23. The minimum absolute atomic E-state index is 0.00394. The first-order valence-electron chi connectivity index (χ1n) is 11.8. The summed E-state index contributed by atoms with van der Waals surface area (Å²) in [5.74, 6) is 3.12. The van der Waals surface area contributed by atoms with Gasteiger partial charge in [-0.25, -0.2) is 23.5 Å². The number of rotatable bonds is 7. The third kappa shape index (κ3) is 5.80. The lowest BCUT2D eigenvalue weighted by molar-refractivity contribution is -0.0681. The number of primary sulfonamides is 1. The molecule has 1 atom stereocenters. The zero-order valence-corrected chi connectivity index (χ0v) is 21.9. The summed E-state index contributed by atoms with van der Waals surface area (Å²) in [5, 5.41) is 18.6. The van der Waals surface area contributed by atoms with Crippen LogP contribution in [0.25, 0.3) is 11.3 Å². The van der Waals surface area contributed by atoms with Crippen LogP contribution in [0, 0.1) is 12.0 Å². The van der Waals surface area contributed by atoms with Gasteiger partial charge in [0.2, 0.25) is 10.0 Å². The Labute approximate surface area is 224 Å². The number of hydrogen-bond donors (Lipinski definition) is 2. The number of aliphatic hydroxyl groups is 1. The largest absolute Gasteiger partial charge is 0.443 e. The molecule has 1 aliphatic rings. The average Bonchev–Trinajstić information content (AvgIpc) is 3.60. The molecule has 3 N–H and O–H groups in total. The van der Waals surface area contributed by atoms with Crippen LogP contribution >= 0.6 is 11.3 Å². The van der Waals surface area contributed by atoms with E-state index in [4.69, 9.17) is 19.0 Å². The predicted octanol–water partition coefficient (Wildman–Crippen LogP) is 3.75. The van der Waals surface area contributed by atoms with Gasteiger partial charge in [0.1, 0.15) is 29.0 Å². The topological polar surface area (TPSA) is 138 Å². The summed E-state index contributed by atoms with van der Waals surface area (Å²) in [4.78, 5) is 8.98. The normalized spacial score (nSPS) is 15.8. The fourth-order valence-corrected chi connectivity index (χ4v) is 5.63. The average molecular weight is 552 g/mol. The summed E-state index contributed by atoms with van der Waals surface area (Å²) in [7, 11) is -3.81. The molecule has 3 heterocycles. The molecular weight excluding hydrogens is 526 g/mol. The molecule has 0 radical (unpaired) electrons. The monoisotopic (exact) mass is 551 g/mol. The van der Waals surface area contributed by atoms with Gasteiger partial charge in [-0.2, -0.15) is 0 Å². The van der Waals surface area contributed by atoms with Crippen molar-refractivity contribution in [2.24, 2.45) is 5.14 Å². The zero-order valence-electron chi connectivity index (χ0n) is 20.2. The Kier molecular flexibility index (Phi) is 7.60. The predicted molar refractivity (Wildman–Crippen MR) is 140 cm³/mol. The van der Waals surface area contributed by atoms with E-state index in [1.807, 2.05) is 35.7 Å². The van der Waals surface area contributed by atoms with E-state index < -0.39 is 21.5 Å². The van der Waals surface area contributed by atoms with Gasteiger partial charge in [0, 0.05) is 37.0 Å². The maximum atomic E-state index is 11.6. The highest BCUT2D eigenvalue weighted by Crippen LogP contribution is 2.34. The first kappa shape index (κ1) is 26.1. The number of nitrogens with two attached hydrogens (primary N) is 1. The van der Waals surface area contributed by atoms with Gasteiger partial charge in [-0.05, 0) is 35.7 Å². The van der Waals surface area contributed by atoms with E-state index in [1.54, 1.807) is 12.1 Å². The summed E-state index contributed by atoms with van der Waals surface area (Å²) in [6, 6.07) is 15.7. The van der Waals surface area contributed by atoms with E-state index in [0.717, 1.165) is 5.56 Å². The van der Waals surface area contributed by atoms with Crippen molar-refractivity contribution in [3.63, 3.8) is 0 Å². The molecule has 1 saturated heterocycles. The van der Waals surface area contributed by atoms with Crippen LogP contribution in [0.5, 0.6) is 0 Å². The van der Waals surface area contributed by atoms with Gasteiger partial charge in [0.15, 0.2) is 12.2 Å².